The van der Waals surface area contributed by atoms with Gasteiger partial charge in [0.2, 0.25) is 5.95 Å². The van der Waals surface area contributed by atoms with Crippen molar-refractivity contribution in [1.29, 1.82) is 0 Å². The molecule has 0 aromatic carbocycles. The lowest BCUT2D eigenvalue weighted by Gasteiger charge is -2.28. The number of anilines is 1. The molecule has 0 bridgehead atoms. The van der Waals surface area contributed by atoms with Crippen LogP contribution in [0.4, 0.5) is 5.95 Å². The van der Waals surface area contributed by atoms with Gasteiger partial charge in [-0.05, 0) is 58.2 Å². The lowest BCUT2D eigenvalue weighted by atomic mass is 10.00. The molecule has 1 saturated carbocycles. The Bertz CT molecular complexity index is 826. The highest BCUT2D eigenvalue weighted by molar-refractivity contribution is 5.75. The quantitative estimate of drug-likeness (QED) is 0.781. The van der Waals surface area contributed by atoms with Crippen LogP contribution in [0, 0.1) is 0 Å². The van der Waals surface area contributed by atoms with Crippen molar-refractivity contribution in [3.05, 3.63) is 28.7 Å². The van der Waals surface area contributed by atoms with Crippen LogP contribution in [0.25, 0.3) is 11.0 Å². The maximum absolute atomic E-state index is 12.6. The van der Waals surface area contributed by atoms with E-state index in [9.17, 15) is 9.90 Å². The predicted molar refractivity (Wildman–Crippen MR) is 96.8 cm³/mol. The predicted octanol–water partition coefficient (Wildman–Crippen LogP) is 1.43. The van der Waals surface area contributed by atoms with E-state index in [2.05, 4.69) is 20.6 Å². The van der Waals surface area contributed by atoms with Crippen LogP contribution < -0.4 is 16.2 Å². The number of rotatable bonds is 3. The molecule has 2 aromatic rings. The van der Waals surface area contributed by atoms with Gasteiger partial charge in [-0.2, -0.15) is 4.98 Å². The summed E-state index contributed by atoms with van der Waals surface area (Å²) in [5.74, 6) is 0.552. The number of nitrogens with zero attached hydrogens (tertiary/aromatic N) is 3. The summed E-state index contributed by atoms with van der Waals surface area (Å²) in [6.45, 7) is 3.78. The first-order chi connectivity index (χ1) is 12.0. The second kappa shape index (κ2) is 6.38. The smallest absolute Gasteiger partial charge is 0.252 e. The lowest BCUT2D eigenvalue weighted by Crippen LogP contribution is -2.37. The molecule has 2 aromatic heterocycles. The van der Waals surface area contributed by atoms with E-state index < -0.39 is 5.60 Å². The molecular weight excluding hydrogens is 318 g/mol. The van der Waals surface area contributed by atoms with Gasteiger partial charge in [0.15, 0.2) is 0 Å². The van der Waals surface area contributed by atoms with E-state index in [-0.39, 0.29) is 11.6 Å². The minimum absolute atomic E-state index is 0.119. The zero-order chi connectivity index (χ0) is 17.4. The summed E-state index contributed by atoms with van der Waals surface area (Å²) in [4.78, 5) is 21.6. The van der Waals surface area contributed by atoms with E-state index in [0.717, 1.165) is 44.2 Å². The van der Waals surface area contributed by atoms with Crippen LogP contribution in [-0.2, 0) is 0 Å². The molecule has 25 heavy (non-hydrogen) atoms. The summed E-state index contributed by atoms with van der Waals surface area (Å²) in [5.41, 5.74) is -0.400. The fraction of sp³-hybridized carbons (Fsp3) is 0.611. The Hall–Kier alpha value is -1.99. The highest BCUT2D eigenvalue weighted by Crippen LogP contribution is 2.39. The first kappa shape index (κ1) is 16.5. The van der Waals surface area contributed by atoms with Crippen LogP contribution in [0.3, 0.4) is 0 Å². The highest BCUT2D eigenvalue weighted by Gasteiger charge is 2.39. The van der Waals surface area contributed by atoms with Gasteiger partial charge in [0.1, 0.15) is 5.65 Å². The Balaban J connectivity index is 1.75. The molecule has 3 N–H and O–H groups in total. The maximum Gasteiger partial charge on any atom is 0.252 e. The molecule has 1 aliphatic carbocycles. The van der Waals surface area contributed by atoms with Gasteiger partial charge in [-0.25, -0.2) is 4.98 Å². The first-order valence-corrected chi connectivity index (χ1v) is 9.12. The molecule has 1 aliphatic heterocycles. The number of nitrogens with one attached hydrogen (secondary N) is 2. The number of hydrogen-bond donors (Lipinski definition) is 3. The molecule has 3 heterocycles. The first-order valence-electron chi connectivity index (χ1n) is 9.12. The standard InChI is InChI=1S/C18H25N5O2/c1-18(25)8-2-3-14(18)23-15(24)5-4-12-11-20-17(22-16(12)23)21-13-6-9-19-10-7-13/h4-5,11,13-14,19,25H,2-3,6-10H2,1H3,(H,20,21,22)/t14-,18-/m1/s1. The summed E-state index contributed by atoms with van der Waals surface area (Å²) in [6, 6.07) is 3.40. The summed E-state index contributed by atoms with van der Waals surface area (Å²) >= 11 is 0. The van der Waals surface area contributed by atoms with Crippen LogP contribution in [0.15, 0.2) is 23.1 Å². The average molecular weight is 343 g/mol. The van der Waals surface area contributed by atoms with Crippen molar-refractivity contribution >= 4 is 17.0 Å². The fourth-order valence-corrected chi connectivity index (χ4v) is 4.10. The topological polar surface area (TPSA) is 92.1 Å². The molecule has 7 nitrogen and oxygen atoms in total. The lowest BCUT2D eigenvalue weighted by molar-refractivity contribution is 0.0267. The highest BCUT2D eigenvalue weighted by atomic mass is 16.3. The van der Waals surface area contributed by atoms with Crippen LogP contribution >= 0.6 is 0 Å². The van der Waals surface area contributed by atoms with Crippen LogP contribution in [-0.4, -0.2) is 44.4 Å². The Labute approximate surface area is 146 Å². The molecule has 0 unspecified atom stereocenters. The molecule has 134 valence electrons. The maximum atomic E-state index is 12.6. The average Bonchev–Trinajstić information content (AvgIpc) is 2.94. The van der Waals surface area contributed by atoms with Gasteiger partial charge in [-0.1, -0.05) is 0 Å². The Morgan fingerprint density at radius 3 is 2.84 bits per heavy atom. The summed E-state index contributed by atoms with van der Waals surface area (Å²) in [5, 5.41) is 18.2. The molecule has 7 heteroatoms. The number of hydrogen-bond acceptors (Lipinski definition) is 6. The third-order valence-electron chi connectivity index (χ3n) is 5.53. The van der Waals surface area contributed by atoms with Crippen molar-refractivity contribution in [3.63, 3.8) is 0 Å². The molecule has 2 aliphatic rings. The monoisotopic (exact) mass is 343 g/mol. The van der Waals surface area contributed by atoms with Gasteiger partial charge in [-0.3, -0.25) is 9.36 Å². The van der Waals surface area contributed by atoms with Gasteiger partial charge in [0.25, 0.3) is 5.56 Å². The van der Waals surface area contributed by atoms with Gasteiger partial charge in [-0.15, -0.1) is 0 Å². The fourth-order valence-electron chi connectivity index (χ4n) is 4.10. The van der Waals surface area contributed by atoms with E-state index in [0.29, 0.717) is 24.1 Å². The zero-order valence-electron chi connectivity index (χ0n) is 14.5. The minimum Gasteiger partial charge on any atom is -0.388 e. The summed E-state index contributed by atoms with van der Waals surface area (Å²) in [7, 11) is 0. The molecule has 2 atom stereocenters. The van der Waals surface area contributed by atoms with Crippen LogP contribution in [0.2, 0.25) is 0 Å². The Morgan fingerprint density at radius 1 is 1.32 bits per heavy atom. The largest absolute Gasteiger partial charge is 0.388 e. The van der Waals surface area contributed by atoms with Crippen molar-refractivity contribution in [1.82, 2.24) is 19.9 Å². The molecule has 0 spiro atoms. The van der Waals surface area contributed by atoms with Crippen molar-refractivity contribution in [3.8, 4) is 0 Å². The minimum atomic E-state index is -0.883. The Morgan fingerprint density at radius 2 is 2.12 bits per heavy atom. The zero-order valence-corrected chi connectivity index (χ0v) is 14.5. The number of aliphatic hydroxyl groups is 1. The van der Waals surface area contributed by atoms with E-state index in [1.807, 2.05) is 6.92 Å². The molecule has 4 rings (SSSR count). The number of aromatic nitrogens is 3. The van der Waals surface area contributed by atoms with Crippen molar-refractivity contribution in [2.45, 2.75) is 56.7 Å². The van der Waals surface area contributed by atoms with Crippen molar-refractivity contribution in [2.75, 3.05) is 18.4 Å². The number of piperidine rings is 1. The number of pyridine rings is 1. The van der Waals surface area contributed by atoms with Gasteiger partial charge < -0.3 is 15.7 Å². The summed E-state index contributed by atoms with van der Waals surface area (Å²) < 4.78 is 1.66. The molecular formula is C18H25N5O2. The molecule has 0 radical (unpaired) electrons. The second-order valence-corrected chi connectivity index (χ2v) is 7.45. The molecule has 0 amide bonds. The molecule has 1 saturated heterocycles. The third-order valence-corrected chi connectivity index (χ3v) is 5.53. The van der Waals surface area contributed by atoms with E-state index in [1.165, 1.54) is 0 Å². The second-order valence-electron chi connectivity index (χ2n) is 7.45. The van der Waals surface area contributed by atoms with Crippen LogP contribution in [0.1, 0.15) is 45.1 Å². The van der Waals surface area contributed by atoms with Crippen LogP contribution in [0.5, 0.6) is 0 Å². The molecule has 2 fully saturated rings. The van der Waals surface area contributed by atoms with E-state index in [4.69, 9.17) is 0 Å². The van der Waals surface area contributed by atoms with E-state index in [1.54, 1.807) is 22.9 Å². The van der Waals surface area contributed by atoms with Crippen molar-refractivity contribution < 1.29 is 5.11 Å². The Kier molecular flexibility index (Phi) is 4.21. The SMILES string of the molecule is C[C@@]1(O)CCC[C@H]1n1c(=O)ccc2cnc(NC3CCNCC3)nc21. The van der Waals surface area contributed by atoms with Gasteiger partial charge >= 0.3 is 0 Å². The van der Waals surface area contributed by atoms with Gasteiger partial charge in [0.05, 0.1) is 11.6 Å². The third kappa shape index (κ3) is 3.14. The normalized spacial score (nSPS) is 27.7. The van der Waals surface area contributed by atoms with Crippen molar-refractivity contribution in [2.24, 2.45) is 0 Å². The summed E-state index contributed by atoms with van der Waals surface area (Å²) in [6.07, 6.45) is 6.20. The van der Waals surface area contributed by atoms with Gasteiger partial charge in [0, 0.05) is 23.7 Å². The van der Waals surface area contributed by atoms with E-state index >= 15 is 0 Å². The number of fused-ring (bicyclic) bond motifs is 1.